The fourth-order valence-electron chi connectivity index (χ4n) is 4.16. The lowest BCUT2D eigenvalue weighted by molar-refractivity contribution is -0.439. The van der Waals surface area contributed by atoms with Gasteiger partial charge in [0.25, 0.3) is 0 Å². The monoisotopic (exact) mass is 420 g/mol. The van der Waals surface area contributed by atoms with E-state index in [4.69, 9.17) is 0 Å². The molecule has 9 nitrogen and oxygen atoms in total. The van der Waals surface area contributed by atoms with Crippen molar-refractivity contribution < 1.29 is 18.3 Å². The highest BCUT2D eigenvalue weighted by atomic mass is 32.2. The molecule has 0 radical (unpaired) electrons. The van der Waals surface area contributed by atoms with E-state index in [0.29, 0.717) is 62.9 Å². The van der Waals surface area contributed by atoms with E-state index in [2.05, 4.69) is 15.2 Å². The fourth-order valence-corrected chi connectivity index (χ4v) is 5.92. The number of sulfone groups is 1. The highest BCUT2D eigenvalue weighted by Gasteiger charge is 2.34. The fraction of sp³-hybridized carbons (Fsp3) is 0.579. The van der Waals surface area contributed by atoms with Crippen molar-refractivity contribution in [2.75, 3.05) is 37.7 Å². The number of hydrogen-bond donors (Lipinski definition) is 0. The number of piperazine rings is 1. The van der Waals surface area contributed by atoms with Crippen molar-refractivity contribution >= 4 is 26.6 Å². The minimum absolute atomic E-state index is 0.0708. The largest absolute Gasteiger partial charge is 0.365 e. The molecule has 156 valence electrons. The van der Waals surface area contributed by atoms with Gasteiger partial charge in [-0.25, -0.2) is 13.2 Å². The van der Waals surface area contributed by atoms with Gasteiger partial charge in [-0.3, -0.25) is 9.69 Å². The lowest BCUT2D eigenvalue weighted by Crippen LogP contribution is -2.52. The lowest BCUT2D eigenvalue weighted by Gasteiger charge is -2.37. The number of aryl methyl sites for hydroxylation is 1. The zero-order valence-electron chi connectivity index (χ0n) is 16.3. The third-order valence-corrected chi connectivity index (χ3v) is 7.59. The molecule has 4 rings (SSSR count). The predicted molar refractivity (Wildman–Crippen MR) is 107 cm³/mol. The molecule has 1 aromatic heterocycles. The number of hydrogen-bond acceptors (Lipinski definition) is 6. The van der Waals surface area contributed by atoms with Crippen LogP contribution in [0.15, 0.2) is 29.1 Å². The quantitative estimate of drug-likeness (QED) is 0.635. The van der Waals surface area contributed by atoms with E-state index in [1.54, 1.807) is 12.1 Å². The van der Waals surface area contributed by atoms with E-state index < -0.39 is 9.84 Å². The molecular formula is C19H26N5O4S+. The molecule has 29 heavy (non-hydrogen) atoms. The number of carbonyl (C=O) groups excluding carboxylic acids is 1. The molecule has 2 aliphatic heterocycles. The van der Waals surface area contributed by atoms with Crippen LogP contribution < -0.4 is 10.7 Å². The first-order valence-electron chi connectivity index (χ1n) is 10.0. The third-order valence-electron chi connectivity index (χ3n) is 5.84. The molecular weight excluding hydrogens is 394 g/mol. The number of aromatic nitrogens is 3. The highest BCUT2D eigenvalue weighted by Crippen LogP contribution is 2.19. The Morgan fingerprint density at radius 3 is 2.66 bits per heavy atom. The Balaban J connectivity index is 1.26. The molecule has 10 heteroatoms. The van der Waals surface area contributed by atoms with Crippen molar-refractivity contribution in [1.29, 1.82) is 0 Å². The van der Waals surface area contributed by atoms with Gasteiger partial charge in [0.2, 0.25) is 5.91 Å². The Labute approximate surface area is 169 Å². The Hall–Kier alpha value is -2.33. The van der Waals surface area contributed by atoms with Crippen molar-refractivity contribution in [3.8, 4) is 0 Å². The number of amides is 1. The van der Waals surface area contributed by atoms with Crippen molar-refractivity contribution in [2.24, 2.45) is 0 Å². The van der Waals surface area contributed by atoms with Gasteiger partial charge in [0.05, 0.1) is 16.7 Å². The summed E-state index contributed by atoms with van der Waals surface area (Å²) in [5.74, 6) is 0.587. The summed E-state index contributed by atoms with van der Waals surface area (Å²) in [6, 6.07) is 7.31. The van der Waals surface area contributed by atoms with Gasteiger partial charge in [-0.2, -0.15) is 0 Å². The molecule has 0 bridgehead atoms. The van der Waals surface area contributed by atoms with Crippen LogP contribution >= 0.6 is 0 Å². The minimum atomic E-state index is -2.89. The molecule has 0 aliphatic carbocycles. The summed E-state index contributed by atoms with van der Waals surface area (Å²) in [5, 5.41) is 7.53. The zero-order chi connectivity index (χ0) is 20.4. The molecule has 1 unspecified atom stereocenters. The molecule has 2 aliphatic rings. The minimum Gasteiger partial charge on any atom is -0.340 e. The Morgan fingerprint density at radius 1 is 1.17 bits per heavy atom. The van der Waals surface area contributed by atoms with Crippen LogP contribution in [0.2, 0.25) is 0 Å². The number of fused-ring (bicyclic) bond motifs is 1. The van der Waals surface area contributed by atoms with Crippen molar-refractivity contribution in [1.82, 2.24) is 19.7 Å². The van der Waals surface area contributed by atoms with Gasteiger partial charge in [0, 0.05) is 38.6 Å². The first-order valence-corrected chi connectivity index (χ1v) is 11.8. The van der Waals surface area contributed by atoms with Crippen LogP contribution in [0, 0.1) is 0 Å². The van der Waals surface area contributed by atoms with Crippen molar-refractivity contribution in [3.05, 3.63) is 34.6 Å². The van der Waals surface area contributed by atoms with Gasteiger partial charge in [-0.1, -0.05) is 16.8 Å². The average molecular weight is 421 g/mol. The number of nitrogens with one attached hydrogen (secondary N) is 1. The van der Waals surface area contributed by atoms with E-state index in [-0.39, 0.29) is 29.0 Å². The van der Waals surface area contributed by atoms with Gasteiger partial charge in [0.15, 0.2) is 15.4 Å². The third kappa shape index (κ3) is 4.48. The van der Waals surface area contributed by atoms with Crippen LogP contribution in [-0.4, -0.2) is 77.7 Å². The summed E-state index contributed by atoms with van der Waals surface area (Å²) < 4.78 is 24.7. The number of nitrogens with zero attached hydrogens (tertiary/aromatic N) is 4. The molecule has 2 fully saturated rings. The predicted octanol–water partition coefficient (Wildman–Crippen LogP) is -0.678. The maximum Gasteiger partial charge on any atom is 0.365 e. The molecule has 1 N–H and O–H groups in total. The van der Waals surface area contributed by atoms with Crippen molar-refractivity contribution in [2.45, 2.75) is 31.8 Å². The molecule has 1 amide bonds. The molecule has 1 aromatic carbocycles. The number of H-pyrrole nitrogens is 1. The molecule has 3 heterocycles. The van der Waals surface area contributed by atoms with E-state index >= 15 is 0 Å². The van der Waals surface area contributed by atoms with Gasteiger partial charge < -0.3 is 4.90 Å². The van der Waals surface area contributed by atoms with Gasteiger partial charge in [0.1, 0.15) is 11.9 Å². The molecule has 2 aromatic rings. The van der Waals surface area contributed by atoms with Crippen LogP contribution in [0.1, 0.15) is 19.3 Å². The first-order chi connectivity index (χ1) is 13.9. The van der Waals surface area contributed by atoms with Crippen LogP contribution in [0.25, 0.3) is 10.9 Å². The van der Waals surface area contributed by atoms with E-state index in [0.717, 1.165) is 0 Å². The van der Waals surface area contributed by atoms with Crippen LogP contribution in [0.5, 0.6) is 0 Å². The molecule has 2 saturated heterocycles. The van der Waals surface area contributed by atoms with E-state index in [1.807, 2.05) is 17.0 Å². The Bertz CT molecular complexity index is 1060. The second-order valence-electron chi connectivity index (χ2n) is 7.76. The molecule has 0 spiro atoms. The standard InChI is InChI=1S/C19H25N5O4S/c25-18(23-11-9-22(10-12-23)15-7-13-29(27,28)14-15)6-3-8-24-19(26)16-4-1-2-5-17(16)20-21-24/h1-2,4-5,15H,3,6-14H2/p+1. The summed E-state index contributed by atoms with van der Waals surface area (Å²) in [7, 11) is -2.89. The number of carbonyl (C=O) groups is 1. The molecule has 0 saturated carbocycles. The summed E-state index contributed by atoms with van der Waals surface area (Å²) in [6.07, 6.45) is 1.60. The number of para-hydroxylation sites is 1. The number of rotatable bonds is 5. The topological polar surface area (TPSA) is 107 Å². The Morgan fingerprint density at radius 2 is 1.93 bits per heavy atom. The van der Waals surface area contributed by atoms with Crippen LogP contribution in [0.3, 0.4) is 0 Å². The van der Waals surface area contributed by atoms with Crippen molar-refractivity contribution in [3.63, 3.8) is 0 Å². The van der Waals surface area contributed by atoms with Crippen LogP contribution in [-0.2, 0) is 21.2 Å². The maximum absolute atomic E-state index is 12.5. The highest BCUT2D eigenvalue weighted by molar-refractivity contribution is 7.91. The van der Waals surface area contributed by atoms with E-state index in [9.17, 15) is 18.0 Å². The zero-order valence-corrected chi connectivity index (χ0v) is 17.1. The average Bonchev–Trinajstić information content (AvgIpc) is 3.09. The summed E-state index contributed by atoms with van der Waals surface area (Å²) in [4.78, 5) is 29.0. The second kappa shape index (κ2) is 8.19. The normalized spacial score (nSPS) is 22.2. The SMILES string of the molecule is O=C(CCCn1n[nH+]c2ccccc2c1=O)N1CCN(C2CCS(=O)(=O)C2)CC1. The summed E-state index contributed by atoms with van der Waals surface area (Å²) >= 11 is 0. The van der Waals surface area contributed by atoms with Crippen LogP contribution in [0.4, 0.5) is 0 Å². The maximum atomic E-state index is 12.5. The molecule has 1 atom stereocenters. The Kier molecular flexibility index (Phi) is 5.64. The van der Waals surface area contributed by atoms with Gasteiger partial charge >= 0.3 is 5.56 Å². The van der Waals surface area contributed by atoms with E-state index in [1.165, 1.54) is 4.68 Å². The lowest BCUT2D eigenvalue weighted by atomic mass is 10.1. The van der Waals surface area contributed by atoms with Gasteiger partial charge in [-0.15, -0.1) is 5.10 Å². The van der Waals surface area contributed by atoms with Gasteiger partial charge in [-0.05, 0) is 25.0 Å². The second-order valence-corrected chi connectivity index (χ2v) is 9.99. The smallest absolute Gasteiger partial charge is 0.340 e. The number of benzene rings is 1. The number of aromatic amines is 1. The summed E-state index contributed by atoms with van der Waals surface area (Å²) in [6.45, 7) is 3.06. The first kappa shape index (κ1) is 20.0. The summed E-state index contributed by atoms with van der Waals surface area (Å²) in [5.41, 5.74) is 0.532.